The molecule has 0 aliphatic carbocycles. The summed E-state index contributed by atoms with van der Waals surface area (Å²) in [5.41, 5.74) is -2.70. The zero-order valence-electron chi connectivity index (χ0n) is 13.1. The lowest BCUT2D eigenvalue weighted by Crippen LogP contribution is -2.20. The standard InChI is InChI=1S/C16H12F6N2S2/c1-26-13-4-2-11(3-5-13)23-14(25)24-12-7-9(15(17,18)19)6-10(8-12)16(20,21)22/h2-8H,1H3,(H2,23,24,25). The van der Waals surface area contributed by atoms with Gasteiger partial charge in [0.1, 0.15) is 0 Å². The van der Waals surface area contributed by atoms with Crippen molar-refractivity contribution in [3.05, 3.63) is 53.6 Å². The van der Waals surface area contributed by atoms with Gasteiger partial charge in [-0.15, -0.1) is 11.8 Å². The second kappa shape index (κ2) is 7.75. The summed E-state index contributed by atoms with van der Waals surface area (Å²) in [6.07, 6.45) is -7.94. The topological polar surface area (TPSA) is 24.1 Å². The summed E-state index contributed by atoms with van der Waals surface area (Å²) in [5, 5.41) is 4.94. The molecule has 0 saturated heterocycles. The van der Waals surface area contributed by atoms with Crippen LogP contribution in [-0.2, 0) is 12.4 Å². The van der Waals surface area contributed by atoms with E-state index in [4.69, 9.17) is 12.2 Å². The molecule has 0 radical (unpaired) electrons. The lowest BCUT2D eigenvalue weighted by atomic mass is 10.1. The molecule has 2 nitrogen and oxygen atoms in total. The number of benzene rings is 2. The summed E-state index contributed by atoms with van der Waals surface area (Å²) in [6.45, 7) is 0. The number of hydrogen-bond donors (Lipinski definition) is 2. The Balaban J connectivity index is 2.22. The highest BCUT2D eigenvalue weighted by atomic mass is 32.2. The Morgan fingerprint density at radius 1 is 0.808 bits per heavy atom. The van der Waals surface area contributed by atoms with Gasteiger partial charge in [0, 0.05) is 16.3 Å². The predicted molar refractivity (Wildman–Crippen MR) is 94.5 cm³/mol. The summed E-state index contributed by atoms with van der Waals surface area (Å²) in [6, 6.07) is 8.16. The fourth-order valence-electron chi connectivity index (χ4n) is 1.99. The third-order valence-electron chi connectivity index (χ3n) is 3.19. The third-order valence-corrected chi connectivity index (χ3v) is 4.14. The van der Waals surface area contributed by atoms with Crippen LogP contribution in [0.5, 0.6) is 0 Å². The fourth-order valence-corrected chi connectivity index (χ4v) is 2.64. The van der Waals surface area contributed by atoms with Crippen LogP contribution in [0.1, 0.15) is 11.1 Å². The van der Waals surface area contributed by atoms with Crippen molar-refractivity contribution in [3.8, 4) is 0 Å². The first-order valence-corrected chi connectivity index (χ1v) is 8.64. The van der Waals surface area contributed by atoms with Crippen LogP contribution in [0.4, 0.5) is 37.7 Å². The van der Waals surface area contributed by atoms with Crippen LogP contribution in [-0.4, -0.2) is 11.4 Å². The van der Waals surface area contributed by atoms with Crippen LogP contribution < -0.4 is 10.6 Å². The summed E-state index contributed by atoms with van der Waals surface area (Å²) >= 11 is 6.48. The third kappa shape index (κ3) is 5.53. The minimum atomic E-state index is -4.92. The molecule has 0 aliphatic rings. The molecule has 2 aromatic carbocycles. The first-order valence-electron chi connectivity index (χ1n) is 7.00. The minimum Gasteiger partial charge on any atom is -0.332 e. The number of alkyl halides is 6. The van der Waals surface area contributed by atoms with Crippen molar-refractivity contribution < 1.29 is 26.3 Å². The highest BCUT2D eigenvalue weighted by Crippen LogP contribution is 2.37. The molecule has 0 fully saturated rings. The highest BCUT2D eigenvalue weighted by Gasteiger charge is 2.37. The maximum absolute atomic E-state index is 12.8. The van der Waals surface area contributed by atoms with E-state index in [1.165, 1.54) is 11.8 Å². The van der Waals surface area contributed by atoms with Gasteiger partial charge in [0.2, 0.25) is 0 Å². The van der Waals surface area contributed by atoms with Crippen LogP contribution in [0.3, 0.4) is 0 Å². The van der Waals surface area contributed by atoms with Crippen LogP contribution in [0.25, 0.3) is 0 Å². The first-order chi connectivity index (χ1) is 12.0. The molecule has 0 amide bonds. The summed E-state index contributed by atoms with van der Waals surface area (Å²) in [7, 11) is 0. The molecule has 2 N–H and O–H groups in total. The Hall–Kier alpha value is -1.94. The molecular formula is C16H12F6N2S2. The van der Waals surface area contributed by atoms with Gasteiger partial charge in [0.05, 0.1) is 11.1 Å². The zero-order chi connectivity index (χ0) is 19.5. The van der Waals surface area contributed by atoms with Gasteiger partial charge in [-0.2, -0.15) is 26.3 Å². The zero-order valence-corrected chi connectivity index (χ0v) is 14.8. The molecule has 0 aliphatic heterocycles. The van der Waals surface area contributed by atoms with E-state index in [9.17, 15) is 26.3 Å². The molecule has 0 bridgehead atoms. The molecule has 0 saturated carbocycles. The molecule has 0 unspecified atom stereocenters. The second-order valence-corrected chi connectivity index (χ2v) is 6.39. The maximum Gasteiger partial charge on any atom is 0.416 e. The van der Waals surface area contributed by atoms with Crippen molar-refractivity contribution in [1.82, 2.24) is 0 Å². The second-order valence-electron chi connectivity index (χ2n) is 5.10. The smallest absolute Gasteiger partial charge is 0.332 e. The molecular weight excluding hydrogens is 398 g/mol. The van der Waals surface area contributed by atoms with Crippen molar-refractivity contribution in [3.63, 3.8) is 0 Å². The first kappa shape index (κ1) is 20.4. The Morgan fingerprint density at radius 2 is 1.27 bits per heavy atom. The van der Waals surface area contributed by atoms with Crippen LogP contribution >= 0.6 is 24.0 Å². The van der Waals surface area contributed by atoms with Crippen molar-refractivity contribution in [2.24, 2.45) is 0 Å². The number of nitrogens with one attached hydrogen (secondary N) is 2. The molecule has 140 valence electrons. The predicted octanol–water partition coefficient (Wildman–Crippen LogP) is 6.26. The number of halogens is 6. The highest BCUT2D eigenvalue weighted by molar-refractivity contribution is 7.98. The van der Waals surface area contributed by atoms with Gasteiger partial charge in [-0.05, 0) is 60.9 Å². The van der Waals surface area contributed by atoms with E-state index in [-0.39, 0.29) is 11.2 Å². The molecule has 26 heavy (non-hydrogen) atoms. The van der Waals surface area contributed by atoms with Gasteiger partial charge in [-0.25, -0.2) is 0 Å². The Kier molecular flexibility index (Phi) is 6.07. The summed E-state index contributed by atoms with van der Waals surface area (Å²) < 4.78 is 77.1. The monoisotopic (exact) mass is 410 g/mol. The number of thiocarbonyl (C=S) groups is 1. The molecule has 0 aromatic heterocycles. The summed E-state index contributed by atoms with van der Waals surface area (Å²) in [4.78, 5) is 0.988. The number of hydrogen-bond acceptors (Lipinski definition) is 2. The maximum atomic E-state index is 12.8. The number of anilines is 2. The minimum absolute atomic E-state index is 0.0583. The average molecular weight is 410 g/mol. The van der Waals surface area contributed by atoms with E-state index in [0.29, 0.717) is 17.8 Å². The van der Waals surface area contributed by atoms with Crippen molar-refractivity contribution in [1.29, 1.82) is 0 Å². The van der Waals surface area contributed by atoms with Crippen LogP contribution in [0, 0.1) is 0 Å². The SMILES string of the molecule is CSc1ccc(NC(=S)Nc2cc(C(F)(F)F)cc(C(F)(F)F)c2)cc1. The van der Waals surface area contributed by atoms with E-state index >= 15 is 0 Å². The van der Waals surface area contributed by atoms with Crippen molar-refractivity contribution in [2.45, 2.75) is 17.2 Å². The van der Waals surface area contributed by atoms with Gasteiger partial charge in [0.15, 0.2) is 5.11 Å². The van der Waals surface area contributed by atoms with Gasteiger partial charge in [0.25, 0.3) is 0 Å². The Morgan fingerprint density at radius 3 is 1.69 bits per heavy atom. The Labute approximate surface area is 155 Å². The lowest BCUT2D eigenvalue weighted by Gasteiger charge is -2.16. The molecule has 0 spiro atoms. The van der Waals surface area contributed by atoms with Crippen molar-refractivity contribution in [2.75, 3.05) is 16.9 Å². The van der Waals surface area contributed by atoms with E-state index in [0.717, 1.165) is 4.90 Å². The number of thioether (sulfide) groups is 1. The molecule has 0 heterocycles. The van der Waals surface area contributed by atoms with Gasteiger partial charge in [-0.1, -0.05) is 0 Å². The van der Waals surface area contributed by atoms with Gasteiger partial charge < -0.3 is 10.6 Å². The average Bonchev–Trinajstić information content (AvgIpc) is 2.53. The van der Waals surface area contributed by atoms with E-state index < -0.39 is 29.2 Å². The lowest BCUT2D eigenvalue weighted by molar-refractivity contribution is -0.143. The largest absolute Gasteiger partial charge is 0.416 e. The van der Waals surface area contributed by atoms with Gasteiger partial charge >= 0.3 is 12.4 Å². The number of rotatable bonds is 3. The van der Waals surface area contributed by atoms with Crippen LogP contribution in [0.2, 0.25) is 0 Å². The van der Waals surface area contributed by atoms with E-state index in [2.05, 4.69) is 10.6 Å². The quantitative estimate of drug-likeness (QED) is 0.355. The van der Waals surface area contributed by atoms with Crippen molar-refractivity contribution >= 4 is 40.5 Å². The van der Waals surface area contributed by atoms with E-state index in [1.54, 1.807) is 24.3 Å². The molecule has 0 atom stereocenters. The normalized spacial score (nSPS) is 12.0. The Bertz CT molecular complexity index is 753. The molecule has 2 aromatic rings. The molecule has 2 rings (SSSR count). The fraction of sp³-hybridized carbons (Fsp3) is 0.188. The summed E-state index contributed by atoms with van der Waals surface area (Å²) in [5.74, 6) is 0. The van der Waals surface area contributed by atoms with E-state index in [1.807, 2.05) is 6.26 Å². The van der Waals surface area contributed by atoms with Gasteiger partial charge in [-0.3, -0.25) is 0 Å². The van der Waals surface area contributed by atoms with Crippen LogP contribution in [0.15, 0.2) is 47.4 Å². The molecule has 10 heteroatoms.